The summed E-state index contributed by atoms with van der Waals surface area (Å²) in [4.78, 5) is 16.2. The summed E-state index contributed by atoms with van der Waals surface area (Å²) in [6.45, 7) is 1.76. The normalized spacial score (nSPS) is 15.9. The number of halogens is 1. The molecular weight excluding hydrogens is 382 g/mol. The first-order valence-electron chi connectivity index (χ1n) is 8.84. The van der Waals surface area contributed by atoms with E-state index in [0.29, 0.717) is 17.7 Å². The van der Waals surface area contributed by atoms with Crippen molar-refractivity contribution >= 4 is 56.0 Å². The molecule has 1 fully saturated rings. The van der Waals surface area contributed by atoms with Crippen molar-refractivity contribution < 1.29 is 0 Å². The van der Waals surface area contributed by atoms with Gasteiger partial charge in [-0.2, -0.15) is 15.1 Å². The fraction of sp³-hybridized carbons (Fsp3) is 0.333. The number of nitrogens with two attached hydrogens (primary N) is 1. The van der Waals surface area contributed by atoms with Gasteiger partial charge in [-0.3, -0.25) is 4.68 Å². The van der Waals surface area contributed by atoms with Crippen LogP contribution in [-0.2, 0) is 7.05 Å². The van der Waals surface area contributed by atoms with E-state index in [-0.39, 0.29) is 0 Å². The maximum Gasteiger partial charge on any atom is 0.229 e. The number of fused-ring (bicyclic) bond motifs is 2. The van der Waals surface area contributed by atoms with Gasteiger partial charge < -0.3 is 10.6 Å². The molecule has 4 heterocycles. The summed E-state index contributed by atoms with van der Waals surface area (Å²) >= 11 is 7.85. The molecule has 1 aliphatic heterocycles. The van der Waals surface area contributed by atoms with Gasteiger partial charge in [0.15, 0.2) is 5.65 Å². The van der Waals surface area contributed by atoms with Gasteiger partial charge >= 0.3 is 0 Å². The molecular formula is C18H18ClN7S. The van der Waals surface area contributed by atoms with E-state index in [1.54, 1.807) is 22.2 Å². The molecule has 0 spiro atoms. The average molecular weight is 400 g/mol. The molecule has 4 aromatic rings. The molecule has 7 nitrogen and oxygen atoms in total. The van der Waals surface area contributed by atoms with Crippen molar-refractivity contribution in [3.05, 3.63) is 34.4 Å². The molecule has 0 bridgehead atoms. The Bertz CT molecular complexity index is 1140. The van der Waals surface area contributed by atoms with Crippen LogP contribution in [0.5, 0.6) is 0 Å². The zero-order chi connectivity index (χ0) is 18.5. The fourth-order valence-electron chi connectivity index (χ4n) is 3.59. The Balaban J connectivity index is 1.37. The Morgan fingerprint density at radius 3 is 2.81 bits per heavy atom. The number of aryl methyl sites for hydroxylation is 1. The van der Waals surface area contributed by atoms with E-state index in [0.717, 1.165) is 47.5 Å². The molecule has 2 N–H and O–H groups in total. The van der Waals surface area contributed by atoms with Crippen LogP contribution in [0.4, 0.5) is 11.8 Å². The molecule has 27 heavy (non-hydrogen) atoms. The summed E-state index contributed by atoms with van der Waals surface area (Å²) in [5.74, 6) is 1.61. The van der Waals surface area contributed by atoms with E-state index in [1.165, 1.54) is 9.71 Å². The van der Waals surface area contributed by atoms with Gasteiger partial charge in [-0.15, -0.1) is 11.3 Å². The molecule has 1 saturated heterocycles. The van der Waals surface area contributed by atoms with Crippen LogP contribution in [0.15, 0.2) is 24.4 Å². The van der Waals surface area contributed by atoms with Gasteiger partial charge in [-0.25, -0.2) is 4.98 Å². The number of thiazole rings is 1. The van der Waals surface area contributed by atoms with E-state index in [1.807, 2.05) is 25.2 Å². The molecule has 0 amide bonds. The van der Waals surface area contributed by atoms with Gasteiger partial charge in [0.2, 0.25) is 5.95 Å². The Labute approximate surface area is 164 Å². The number of hydrogen-bond acceptors (Lipinski definition) is 7. The van der Waals surface area contributed by atoms with Gasteiger partial charge in [-0.1, -0.05) is 11.6 Å². The van der Waals surface area contributed by atoms with Gasteiger partial charge in [-0.05, 0) is 31.0 Å². The highest BCUT2D eigenvalue weighted by Crippen LogP contribution is 2.35. The number of hydrogen-bond donors (Lipinski definition) is 1. The lowest BCUT2D eigenvalue weighted by Crippen LogP contribution is -2.34. The molecule has 1 aromatic carbocycles. The topological polar surface area (TPSA) is 85.8 Å². The van der Waals surface area contributed by atoms with Crippen LogP contribution in [0.2, 0.25) is 5.02 Å². The third kappa shape index (κ3) is 2.89. The van der Waals surface area contributed by atoms with Crippen LogP contribution < -0.4 is 10.6 Å². The molecule has 0 saturated carbocycles. The highest BCUT2D eigenvalue weighted by Gasteiger charge is 2.25. The van der Waals surface area contributed by atoms with Crippen molar-refractivity contribution in [3.63, 3.8) is 0 Å². The van der Waals surface area contributed by atoms with Gasteiger partial charge in [0.05, 0.1) is 26.8 Å². The smallest absolute Gasteiger partial charge is 0.229 e. The summed E-state index contributed by atoms with van der Waals surface area (Å²) in [7, 11) is 1.87. The van der Waals surface area contributed by atoms with Crippen LogP contribution >= 0.6 is 22.9 Å². The molecule has 9 heteroatoms. The Kier molecular flexibility index (Phi) is 3.91. The maximum atomic E-state index is 6.10. The Morgan fingerprint density at radius 2 is 2.00 bits per heavy atom. The van der Waals surface area contributed by atoms with E-state index in [9.17, 15) is 0 Å². The largest absolute Gasteiger partial charge is 0.383 e. The minimum Gasteiger partial charge on any atom is -0.383 e. The van der Waals surface area contributed by atoms with E-state index >= 15 is 0 Å². The lowest BCUT2D eigenvalue weighted by molar-refractivity contribution is 0.498. The predicted molar refractivity (Wildman–Crippen MR) is 110 cm³/mol. The zero-order valence-electron chi connectivity index (χ0n) is 14.8. The third-order valence-electron chi connectivity index (χ3n) is 5.10. The third-order valence-corrected chi connectivity index (χ3v) is 6.54. The first-order valence-corrected chi connectivity index (χ1v) is 10.0. The highest BCUT2D eigenvalue weighted by molar-refractivity contribution is 7.18. The second-order valence-corrected chi connectivity index (χ2v) is 8.34. The summed E-state index contributed by atoms with van der Waals surface area (Å²) in [6.07, 6.45) is 3.74. The number of benzene rings is 1. The van der Waals surface area contributed by atoms with Crippen molar-refractivity contribution in [2.24, 2.45) is 7.05 Å². The highest BCUT2D eigenvalue weighted by atomic mass is 35.5. The zero-order valence-corrected chi connectivity index (χ0v) is 16.3. The van der Waals surface area contributed by atoms with Crippen LogP contribution in [0.3, 0.4) is 0 Å². The molecule has 5 rings (SSSR count). The van der Waals surface area contributed by atoms with Gasteiger partial charge in [0.1, 0.15) is 5.82 Å². The van der Waals surface area contributed by atoms with Gasteiger partial charge in [0.25, 0.3) is 0 Å². The quantitative estimate of drug-likeness (QED) is 0.554. The molecule has 1 aliphatic rings. The van der Waals surface area contributed by atoms with Crippen molar-refractivity contribution in [1.29, 1.82) is 0 Å². The standard InChI is InChI=1S/C18H18ClN7S/c1-25-16-12(9-21-25)15(20)23-18(24-16)26-6-4-10(5-7-26)17-22-13-8-11(19)2-3-14(13)27-17/h2-3,8-10H,4-7H2,1H3,(H2,20,23,24). The molecule has 3 aromatic heterocycles. The summed E-state index contributed by atoms with van der Waals surface area (Å²) in [6, 6.07) is 5.91. The lowest BCUT2D eigenvalue weighted by atomic mass is 9.98. The second-order valence-electron chi connectivity index (χ2n) is 6.84. The SMILES string of the molecule is Cn1ncc2c(N)nc(N3CCC(c4nc5cc(Cl)ccc5s4)CC3)nc21. The van der Waals surface area contributed by atoms with E-state index in [2.05, 4.69) is 20.0 Å². The minimum atomic E-state index is 0.454. The Morgan fingerprint density at radius 1 is 1.19 bits per heavy atom. The van der Waals surface area contributed by atoms with Gasteiger partial charge in [0, 0.05) is 31.1 Å². The molecule has 0 unspecified atom stereocenters. The van der Waals surface area contributed by atoms with Crippen LogP contribution in [0, 0.1) is 0 Å². The van der Waals surface area contributed by atoms with Crippen LogP contribution in [-0.4, -0.2) is 37.8 Å². The van der Waals surface area contributed by atoms with Crippen LogP contribution in [0.25, 0.3) is 21.3 Å². The minimum absolute atomic E-state index is 0.454. The Hall–Kier alpha value is -2.45. The average Bonchev–Trinajstić information content (AvgIpc) is 3.26. The van der Waals surface area contributed by atoms with Crippen molar-refractivity contribution in [2.75, 3.05) is 23.7 Å². The molecule has 0 aliphatic carbocycles. The number of rotatable bonds is 2. The maximum absolute atomic E-state index is 6.10. The number of nitrogens with zero attached hydrogens (tertiary/aromatic N) is 6. The molecule has 0 radical (unpaired) electrons. The first-order chi connectivity index (χ1) is 13.1. The molecule has 0 atom stereocenters. The van der Waals surface area contributed by atoms with Crippen molar-refractivity contribution in [2.45, 2.75) is 18.8 Å². The number of nitrogen functional groups attached to an aromatic ring is 1. The molecule has 138 valence electrons. The van der Waals surface area contributed by atoms with E-state index in [4.69, 9.17) is 22.3 Å². The number of anilines is 2. The predicted octanol–water partition coefficient (Wildman–Crippen LogP) is 3.59. The van der Waals surface area contributed by atoms with E-state index < -0.39 is 0 Å². The second kappa shape index (κ2) is 6.31. The summed E-state index contributed by atoms with van der Waals surface area (Å²) in [5.41, 5.74) is 7.86. The lowest BCUT2D eigenvalue weighted by Gasteiger charge is -2.31. The monoisotopic (exact) mass is 399 g/mol. The summed E-state index contributed by atoms with van der Waals surface area (Å²) < 4.78 is 2.92. The van der Waals surface area contributed by atoms with Crippen molar-refractivity contribution in [1.82, 2.24) is 24.7 Å². The summed E-state index contributed by atoms with van der Waals surface area (Å²) in [5, 5.41) is 6.94. The first kappa shape index (κ1) is 16.7. The van der Waals surface area contributed by atoms with Crippen molar-refractivity contribution in [3.8, 4) is 0 Å². The number of aromatic nitrogens is 5. The number of piperidine rings is 1. The fourth-order valence-corrected chi connectivity index (χ4v) is 4.88. The van der Waals surface area contributed by atoms with Crippen LogP contribution in [0.1, 0.15) is 23.8 Å².